The molecule has 2 N–H and O–H groups in total. The summed E-state index contributed by atoms with van der Waals surface area (Å²) in [6.07, 6.45) is 2.72. The number of methoxy groups -OCH3 is 1. The van der Waals surface area contributed by atoms with Crippen molar-refractivity contribution in [3.8, 4) is 11.5 Å². The number of benzene rings is 2. The number of amides is 1. The summed E-state index contributed by atoms with van der Waals surface area (Å²) in [5.74, 6) is 0.899. The van der Waals surface area contributed by atoms with E-state index in [9.17, 15) is 9.59 Å². The van der Waals surface area contributed by atoms with Crippen molar-refractivity contribution in [2.45, 2.75) is 32.4 Å². The van der Waals surface area contributed by atoms with Crippen LogP contribution in [-0.4, -0.2) is 19.0 Å². The molecule has 5 rings (SSSR count). The standard InChI is InChI=1S/C25H24N2O4S/c1-14-8-10-17-20(12-14)32-24-21(17)23(28)26-22(27-24)16-9-11-18(19(13-16)30-2)31-25(29)15-6-4-3-5-7-15/h3-7,9,11,13-14,22,27H,8,10,12H2,1-2H3,(H,26,28). The van der Waals surface area contributed by atoms with Gasteiger partial charge in [0, 0.05) is 4.88 Å². The van der Waals surface area contributed by atoms with Crippen molar-refractivity contribution in [1.82, 2.24) is 5.32 Å². The molecule has 0 saturated heterocycles. The number of esters is 1. The van der Waals surface area contributed by atoms with E-state index in [0.717, 1.165) is 35.4 Å². The molecule has 7 heteroatoms. The third-order valence-electron chi connectivity index (χ3n) is 6.02. The maximum Gasteiger partial charge on any atom is 0.343 e. The van der Waals surface area contributed by atoms with Gasteiger partial charge in [-0.1, -0.05) is 31.2 Å². The quantitative estimate of drug-likeness (QED) is 0.436. The van der Waals surface area contributed by atoms with Crippen molar-refractivity contribution in [3.05, 3.63) is 75.7 Å². The van der Waals surface area contributed by atoms with Gasteiger partial charge < -0.3 is 20.1 Å². The van der Waals surface area contributed by atoms with Gasteiger partial charge in [-0.2, -0.15) is 0 Å². The lowest BCUT2D eigenvalue weighted by Crippen LogP contribution is -2.38. The fourth-order valence-corrected chi connectivity index (χ4v) is 5.75. The van der Waals surface area contributed by atoms with Crippen molar-refractivity contribution in [3.63, 3.8) is 0 Å². The average molecular weight is 449 g/mol. The molecule has 32 heavy (non-hydrogen) atoms. The summed E-state index contributed by atoms with van der Waals surface area (Å²) in [7, 11) is 1.53. The number of hydrogen-bond donors (Lipinski definition) is 2. The third-order valence-corrected chi connectivity index (χ3v) is 7.21. The van der Waals surface area contributed by atoms with E-state index in [2.05, 4.69) is 17.6 Å². The van der Waals surface area contributed by atoms with Crippen molar-refractivity contribution < 1.29 is 19.1 Å². The molecule has 0 fully saturated rings. The van der Waals surface area contributed by atoms with E-state index in [0.29, 0.717) is 23.0 Å². The second-order valence-electron chi connectivity index (χ2n) is 8.27. The van der Waals surface area contributed by atoms with Gasteiger partial charge in [-0.25, -0.2) is 4.79 Å². The molecular weight excluding hydrogens is 424 g/mol. The third kappa shape index (κ3) is 3.73. The molecule has 1 amide bonds. The molecule has 2 atom stereocenters. The Morgan fingerprint density at radius 1 is 1.09 bits per heavy atom. The summed E-state index contributed by atoms with van der Waals surface area (Å²) in [6, 6.07) is 14.1. The van der Waals surface area contributed by atoms with E-state index in [1.54, 1.807) is 47.7 Å². The lowest BCUT2D eigenvalue weighted by molar-refractivity contribution is 0.0729. The average Bonchev–Trinajstić information content (AvgIpc) is 3.17. The number of carbonyl (C=O) groups is 2. The summed E-state index contributed by atoms with van der Waals surface area (Å²) in [5.41, 5.74) is 3.28. The molecule has 0 saturated carbocycles. The Bertz CT molecular complexity index is 1190. The van der Waals surface area contributed by atoms with Gasteiger partial charge in [0.25, 0.3) is 5.91 Å². The number of thiophene rings is 1. The van der Waals surface area contributed by atoms with Crippen LogP contribution < -0.4 is 20.1 Å². The van der Waals surface area contributed by atoms with Crippen molar-refractivity contribution in [1.29, 1.82) is 0 Å². The highest BCUT2D eigenvalue weighted by Crippen LogP contribution is 2.43. The number of carbonyl (C=O) groups excluding carboxylic acids is 2. The van der Waals surface area contributed by atoms with Gasteiger partial charge in [0.05, 0.1) is 18.2 Å². The fourth-order valence-electron chi connectivity index (χ4n) is 4.31. The van der Waals surface area contributed by atoms with Crippen LogP contribution in [0.1, 0.15) is 56.2 Å². The summed E-state index contributed by atoms with van der Waals surface area (Å²) < 4.78 is 11.0. The molecule has 3 aromatic rings. The summed E-state index contributed by atoms with van der Waals surface area (Å²) in [6.45, 7) is 2.26. The topological polar surface area (TPSA) is 76.7 Å². The zero-order valence-electron chi connectivity index (χ0n) is 17.9. The van der Waals surface area contributed by atoms with E-state index in [1.165, 1.54) is 17.6 Å². The molecule has 0 bridgehead atoms. The van der Waals surface area contributed by atoms with Crippen LogP contribution in [0, 0.1) is 5.92 Å². The van der Waals surface area contributed by atoms with Crippen LogP contribution in [0.15, 0.2) is 48.5 Å². The Labute approximate surface area is 190 Å². The van der Waals surface area contributed by atoms with Crippen LogP contribution in [0.2, 0.25) is 0 Å². The second kappa shape index (κ2) is 8.31. The predicted octanol–water partition coefficient (Wildman–Crippen LogP) is 4.95. The molecule has 2 unspecified atom stereocenters. The van der Waals surface area contributed by atoms with Crippen LogP contribution in [0.3, 0.4) is 0 Å². The molecule has 6 nitrogen and oxygen atoms in total. The highest BCUT2D eigenvalue weighted by molar-refractivity contribution is 7.16. The first-order chi connectivity index (χ1) is 15.5. The highest BCUT2D eigenvalue weighted by atomic mass is 32.1. The van der Waals surface area contributed by atoms with Gasteiger partial charge in [-0.15, -0.1) is 11.3 Å². The Kier molecular flexibility index (Phi) is 5.35. The molecule has 0 spiro atoms. The van der Waals surface area contributed by atoms with Crippen LogP contribution in [0.25, 0.3) is 0 Å². The first kappa shape index (κ1) is 20.6. The van der Waals surface area contributed by atoms with Gasteiger partial charge in [0.15, 0.2) is 11.5 Å². The van der Waals surface area contributed by atoms with E-state index < -0.39 is 5.97 Å². The molecule has 1 aromatic heterocycles. The zero-order chi connectivity index (χ0) is 22.2. The molecule has 2 aromatic carbocycles. The molecule has 2 heterocycles. The van der Waals surface area contributed by atoms with Crippen LogP contribution in [0.4, 0.5) is 5.00 Å². The first-order valence-electron chi connectivity index (χ1n) is 10.7. The van der Waals surface area contributed by atoms with E-state index in [4.69, 9.17) is 9.47 Å². The highest BCUT2D eigenvalue weighted by Gasteiger charge is 2.33. The largest absolute Gasteiger partial charge is 0.493 e. The lowest BCUT2D eigenvalue weighted by atomic mass is 9.88. The van der Waals surface area contributed by atoms with E-state index >= 15 is 0 Å². The predicted molar refractivity (Wildman–Crippen MR) is 124 cm³/mol. The van der Waals surface area contributed by atoms with Crippen molar-refractivity contribution >= 4 is 28.2 Å². The van der Waals surface area contributed by atoms with Crippen molar-refractivity contribution in [2.75, 3.05) is 12.4 Å². The number of hydrogen-bond acceptors (Lipinski definition) is 6. The Balaban J connectivity index is 1.39. The van der Waals surface area contributed by atoms with Crippen molar-refractivity contribution in [2.24, 2.45) is 5.92 Å². The minimum atomic E-state index is -0.455. The van der Waals surface area contributed by atoms with Crippen LogP contribution >= 0.6 is 11.3 Å². The number of nitrogens with one attached hydrogen (secondary N) is 2. The lowest BCUT2D eigenvalue weighted by Gasteiger charge is -2.27. The van der Waals surface area contributed by atoms with Gasteiger partial charge >= 0.3 is 5.97 Å². The number of fused-ring (bicyclic) bond motifs is 3. The maximum atomic E-state index is 13.0. The number of anilines is 1. The van der Waals surface area contributed by atoms with Gasteiger partial charge in [-0.3, -0.25) is 4.79 Å². The molecule has 0 radical (unpaired) electrons. The monoisotopic (exact) mass is 448 g/mol. The SMILES string of the molecule is COc1cc(C2NC(=O)c3c(sc4c3CCC(C)C4)N2)ccc1OC(=O)c1ccccc1. The van der Waals surface area contributed by atoms with E-state index in [-0.39, 0.29) is 12.1 Å². The minimum Gasteiger partial charge on any atom is -0.493 e. The van der Waals surface area contributed by atoms with Gasteiger partial charge in [0.2, 0.25) is 0 Å². The Morgan fingerprint density at radius 3 is 2.69 bits per heavy atom. The first-order valence-corrected chi connectivity index (χ1v) is 11.5. The summed E-state index contributed by atoms with van der Waals surface area (Å²) >= 11 is 1.69. The van der Waals surface area contributed by atoms with Crippen LogP contribution in [-0.2, 0) is 12.8 Å². The smallest absolute Gasteiger partial charge is 0.343 e. The maximum absolute atomic E-state index is 13.0. The Morgan fingerprint density at radius 2 is 1.91 bits per heavy atom. The van der Waals surface area contributed by atoms with Gasteiger partial charge in [0.1, 0.15) is 11.2 Å². The zero-order valence-corrected chi connectivity index (χ0v) is 18.8. The number of ether oxygens (including phenoxy) is 2. The Hall–Kier alpha value is -3.32. The summed E-state index contributed by atoms with van der Waals surface area (Å²) in [4.78, 5) is 26.7. The van der Waals surface area contributed by atoms with E-state index in [1.807, 2.05) is 12.1 Å². The molecule has 1 aliphatic heterocycles. The minimum absolute atomic E-state index is 0.0469. The second-order valence-corrected chi connectivity index (χ2v) is 9.38. The van der Waals surface area contributed by atoms with Crippen LogP contribution in [0.5, 0.6) is 11.5 Å². The van der Waals surface area contributed by atoms with Gasteiger partial charge in [-0.05, 0) is 60.6 Å². The fraction of sp³-hybridized carbons (Fsp3) is 0.280. The normalized spacial score (nSPS) is 19.2. The molecule has 164 valence electrons. The number of rotatable bonds is 4. The molecule has 1 aliphatic carbocycles. The molecule has 2 aliphatic rings. The summed E-state index contributed by atoms with van der Waals surface area (Å²) in [5, 5.41) is 7.47. The molecular formula is C25H24N2O4S.